The van der Waals surface area contributed by atoms with Crippen LogP contribution >= 0.6 is 52.0 Å². The number of amides is 1. The molecule has 0 radical (unpaired) electrons. The van der Waals surface area contributed by atoms with E-state index in [1.807, 2.05) is 19.1 Å². The highest BCUT2D eigenvalue weighted by molar-refractivity contribution is 7.82. The summed E-state index contributed by atoms with van der Waals surface area (Å²) in [5.74, 6) is -1.05. The van der Waals surface area contributed by atoms with Crippen LogP contribution in [0.4, 0.5) is 4.39 Å². The van der Waals surface area contributed by atoms with Gasteiger partial charge in [-0.2, -0.15) is 12.6 Å². The molecular formula is C53H57ClFN7O13P2S2. The van der Waals surface area contributed by atoms with Gasteiger partial charge in [-0.1, -0.05) is 66.2 Å². The first-order valence-electron chi connectivity index (χ1n) is 24.7. The third kappa shape index (κ3) is 15.8. The average Bonchev–Trinajstić information content (AvgIpc) is 4.07. The zero-order valence-corrected chi connectivity index (χ0v) is 47.3. The van der Waals surface area contributed by atoms with Gasteiger partial charge in [0.1, 0.15) is 46.4 Å². The van der Waals surface area contributed by atoms with E-state index in [9.17, 15) is 38.5 Å². The van der Waals surface area contributed by atoms with Crippen LogP contribution in [0.5, 0.6) is 17.4 Å². The van der Waals surface area contributed by atoms with E-state index >= 15 is 0 Å². The number of aliphatic hydroxyl groups is 1. The van der Waals surface area contributed by atoms with Crippen molar-refractivity contribution in [3.05, 3.63) is 137 Å². The molecule has 26 heteroatoms. The summed E-state index contributed by atoms with van der Waals surface area (Å²) in [5, 5.41) is 23.2. The maximum absolute atomic E-state index is 14.3. The molecule has 4 unspecified atom stereocenters. The van der Waals surface area contributed by atoms with Gasteiger partial charge in [0.25, 0.3) is 0 Å². The molecule has 8 rings (SSSR count). The molecule has 1 aliphatic heterocycles. The number of aliphatic hydroxyl groups excluding tert-OH is 1. The number of piperazine rings is 1. The summed E-state index contributed by atoms with van der Waals surface area (Å²) in [5.41, 5.74) is 4.83. The molecule has 20 nitrogen and oxygen atoms in total. The van der Waals surface area contributed by atoms with Gasteiger partial charge in [0, 0.05) is 67.9 Å². The zero-order chi connectivity index (χ0) is 56.3. The molecule has 0 saturated carbocycles. The molecule has 1 amide bonds. The van der Waals surface area contributed by atoms with E-state index in [-0.39, 0.29) is 32.1 Å². The van der Waals surface area contributed by atoms with E-state index in [1.165, 1.54) is 36.7 Å². The fourth-order valence-electron chi connectivity index (χ4n) is 8.20. The lowest BCUT2D eigenvalue weighted by molar-refractivity contribution is -0.145. The maximum Gasteiger partial charge on any atom is 0.479 e. The molecule has 418 valence electrons. The van der Waals surface area contributed by atoms with Crippen molar-refractivity contribution in [2.45, 2.75) is 44.3 Å². The number of hydrogen-bond acceptors (Lipinski definition) is 19. The Kier molecular flexibility index (Phi) is 20.4. The number of carbonyl (C=O) groups excluding carboxylic acids is 1. The molecule has 0 spiro atoms. The van der Waals surface area contributed by atoms with Crippen LogP contribution in [0.15, 0.2) is 104 Å². The topological polar surface area (TPSA) is 258 Å². The first-order valence-corrected chi connectivity index (χ1v) is 28.9. The van der Waals surface area contributed by atoms with Gasteiger partial charge in [-0.3, -0.25) is 14.2 Å². The molecule has 1 aliphatic rings. The predicted octanol–water partition coefficient (Wildman–Crippen LogP) is 8.53. The number of thiophene rings is 1. The van der Waals surface area contributed by atoms with E-state index in [1.54, 1.807) is 72.9 Å². The number of nitrogens with one attached hydrogen (secondary N) is 1. The largest absolute Gasteiger partial charge is 0.491 e. The van der Waals surface area contributed by atoms with Crippen LogP contribution < -0.4 is 19.5 Å². The van der Waals surface area contributed by atoms with Crippen molar-refractivity contribution < 1.29 is 66.1 Å². The lowest BCUT2D eigenvalue weighted by Gasteiger charge is -2.32. The van der Waals surface area contributed by atoms with E-state index < -0.39 is 58.2 Å². The summed E-state index contributed by atoms with van der Waals surface area (Å²) in [6, 6.07) is 25.2. The Balaban J connectivity index is 0.942. The molecule has 1 saturated heterocycles. The van der Waals surface area contributed by atoms with Crippen molar-refractivity contribution >= 4 is 74.1 Å². The number of carboxylic acid groups (broad SMARTS) is 1. The van der Waals surface area contributed by atoms with Crippen molar-refractivity contribution in [3.63, 3.8) is 0 Å². The van der Waals surface area contributed by atoms with Gasteiger partial charge < -0.3 is 49.0 Å². The van der Waals surface area contributed by atoms with Crippen LogP contribution in [-0.2, 0) is 47.1 Å². The van der Waals surface area contributed by atoms with Gasteiger partial charge >= 0.3 is 22.4 Å². The Morgan fingerprint density at radius 1 is 0.962 bits per heavy atom. The summed E-state index contributed by atoms with van der Waals surface area (Å²) in [6.07, 6.45) is 1.26. The number of aromatic nitrogens is 4. The number of carboxylic acids is 1. The minimum absolute atomic E-state index is 0.0207. The number of likely N-dealkylation sites (N-methyl/N-ethyl adjacent to an activating group) is 1. The van der Waals surface area contributed by atoms with Crippen LogP contribution in [0.3, 0.4) is 0 Å². The molecule has 4 aromatic carbocycles. The summed E-state index contributed by atoms with van der Waals surface area (Å²) in [7, 11) is -5.56. The van der Waals surface area contributed by atoms with Gasteiger partial charge in [-0.15, -0.1) is 11.3 Å². The number of benzene rings is 4. The fourth-order valence-corrected chi connectivity index (χ4v) is 11.3. The number of hydrogen-bond donors (Lipinski definition) is 6. The van der Waals surface area contributed by atoms with E-state index in [0.29, 0.717) is 83.8 Å². The lowest BCUT2D eigenvalue weighted by Crippen LogP contribution is -2.45. The maximum atomic E-state index is 14.3. The number of fused-ring (bicyclic) bond motifs is 1. The number of ether oxygens (including phenoxy) is 3. The van der Waals surface area contributed by atoms with Crippen molar-refractivity contribution in [1.29, 1.82) is 0 Å². The van der Waals surface area contributed by atoms with Crippen LogP contribution in [0, 0.1) is 12.7 Å². The standard InChI is InChI=1S/C53H57ClFN7O13P2S2/c1-33-40(15-16-42(46(33)54)70-26-24-62-22-20-61(3)21-23-62)44-45-49(58-32-59-50(45)79-47(44)35-11-13-38(55)14-12-35)74-43(51(64)65)28-36-8-4-5-10-41(36)71-30-39-17-18-56-48(60-39)37-9-6-7-34(27-37)29-72-76(67)75-77(68,69)73-25-19-57-52(66)53(2,78)31-63/h4-18,27,32,43,63,67,78H,19-26,28-31H2,1-3H3,(H,57,66)(H,64,65)(H,68,69). The molecule has 5 N–H and O–H groups in total. The molecule has 1 fully saturated rings. The normalized spacial score (nSPS) is 15.5. The molecule has 7 aromatic rings. The fraction of sp³-hybridized carbons (Fsp3) is 0.321. The molecule has 0 bridgehead atoms. The summed E-state index contributed by atoms with van der Waals surface area (Å²) in [4.78, 5) is 69.5. The Hall–Kier alpha value is -5.75. The molecule has 3 aromatic heterocycles. The average molecular weight is 1180 g/mol. The number of para-hydroxylation sites is 1. The monoisotopic (exact) mass is 1180 g/mol. The Labute approximate surface area is 470 Å². The third-order valence-corrected chi connectivity index (χ3v) is 16.8. The molecular weight excluding hydrogens is 1120 g/mol. The van der Waals surface area contributed by atoms with Gasteiger partial charge in [0.05, 0.1) is 35.9 Å². The second kappa shape index (κ2) is 27.1. The second-order valence-corrected chi connectivity index (χ2v) is 23.4. The quantitative estimate of drug-likeness (QED) is 0.0169. The highest BCUT2D eigenvalue weighted by Gasteiger charge is 2.31. The van der Waals surface area contributed by atoms with E-state index in [2.05, 4.69) is 54.7 Å². The number of aliphatic carboxylic acids is 1. The van der Waals surface area contributed by atoms with Crippen LogP contribution in [0.1, 0.15) is 29.3 Å². The van der Waals surface area contributed by atoms with Crippen molar-refractivity contribution in [1.82, 2.24) is 35.1 Å². The van der Waals surface area contributed by atoms with Crippen molar-refractivity contribution in [2.75, 3.05) is 66.1 Å². The van der Waals surface area contributed by atoms with Gasteiger partial charge in [0.2, 0.25) is 17.9 Å². The van der Waals surface area contributed by atoms with E-state index in [4.69, 9.17) is 39.2 Å². The molecule has 0 aliphatic carbocycles. The molecule has 4 atom stereocenters. The van der Waals surface area contributed by atoms with E-state index in [0.717, 1.165) is 37.6 Å². The van der Waals surface area contributed by atoms with Crippen LogP contribution in [0.25, 0.3) is 43.2 Å². The van der Waals surface area contributed by atoms with Crippen LogP contribution in [-0.4, -0.2) is 139 Å². The summed E-state index contributed by atoms with van der Waals surface area (Å²) in [6.45, 7) is 6.89. The summed E-state index contributed by atoms with van der Waals surface area (Å²) >= 11 is 12.4. The number of halogens is 2. The SMILES string of the molecule is Cc1c(-c2c(-c3ccc(F)cc3)sc3ncnc(OC(Cc4ccccc4OCc4ccnc(-c5cccc(COP(O)OP(=O)(O)OCCNC(=O)C(C)(S)CO)c5)n4)C(=O)O)c23)ccc(OCCN2CCN(C)CC2)c1Cl. The Bertz CT molecular complexity index is 3310. The minimum Gasteiger partial charge on any atom is -0.491 e. The van der Waals surface area contributed by atoms with Crippen molar-refractivity contribution in [3.8, 4) is 50.3 Å². The zero-order valence-electron chi connectivity index (χ0n) is 43.0. The highest BCUT2D eigenvalue weighted by atomic mass is 35.5. The number of phosphoric acid groups is 1. The van der Waals surface area contributed by atoms with Crippen molar-refractivity contribution in [2.24, 2.45) is 0 Å². The van der Waals surface area contributed by atoms with Crippen LogP contribution in [0.2, 0.25) is 5.02 Å². The highest BCUT2D eigenvalue weighted by Crippen LogP contribution is 2.56. The number of nitrogens with zero attached hydrogens (tertiary/aromatic N) is 6. The molecule has 79 heavy (non-hydrogen) atoms. The summed E-state index contributed by atoms with van der Waals surface area (Å²) < 4.78 is 59.0. The number of thiol groups is 1. The lowest BCUT2D eigenvalue weighted by atomic mass is 9.96. The number of rotatable bonds is 26. The van der Waals surface area contributed by atoms with Gasteiger partial charge in [0.15, 0.2) is 5.82 Å². The minimum atomic E-state index is -4.79. The predicted molar refractivity (Wildman–Crippen MR) is 300 cm³/mol. The molecule has 4 heterocycles. The first kappa shape index (κ1) is 59.4. The first-order chi connectivity index (χ1) is 37.9. The van der Waals surface area contributed by atoms with Gasteiger partial charge in [-0.25, -0.2) is 38.0 Å². The Morgan fingerprint density at radius 3 is 2.49 bits per heavy atom. The second-order valence-electron chi connectivity index (χ2n) is 18.4. The Morgan fingerprint density at radius 2 is 1.73 bits per heavy atom. The smallest absolute Gasteiger partial charge is 0.479 e. The third-order valence-electron chi connectivity index (χ3n) is 12.6. The van der Waals surface area contributed by atoms with Gasteiger partial charge in [-0.05, 0) is 85.1 Å². The number of carbonyl (C=O) groups is 2. The number of phosphoric ester groups is 1.